The van der Waals surface area contributed by atoms with E-state index in [0.29, 0.717) is 0 Å². The van der Waals surface area contributed by atoms with Crippen molar-refractivity contribution in [2.24, 2.45) is 0 Å². The summed E-state index contributed by atoms with van der Waals surface area (Å²) in [6, 6.07) is -2.26. The first kappa shape index (κ1) is 16.5. The molecular formula is C11H18N2O7. The largest absolute Gasteiger partial charge is 0.394 e. The van der Waals surface area contributed by atoms with Gasteiger partial charge in [0.1, 0.15) is 36.7 Å². The highest BCUT2D eigenvalue weighted by Gasteiger charge is 2.34. The Morgan fingerprint density at radius 1 is 1.40 bits per heavy atom. The second-order valence-corrected chi connectivity index (χ2v) is 4.56. The zero-order chi connectivity index (χ0) is 15.3. The number of carbonyl (C=O) groups is 3. The fourth-order valence-electron chi connectivity index (χ4n) is 1.82. The molecule has 0 unspecified atom stereocenters. The summed E-state index contributed by atoms with van der Waals surface area (Å²) in [4.78, 5) is 33.6. The third kappa shape index (κ3) is 3.97. The van der Waals surface area contributed by atoms with Gasteiger partial charge in [0, 0.05) is 6.42 Å². The van der Waals surface area contributed by atoms with E-state index in [1.54, 1.807) is 0 Å². The van der Waals surface area contributed by atoms with Gasteiger partial charge in [-0.15, -0.1) is 0 Å². The van der Waals surface area contributed by atoms with Crippen molar-refractivity contribution in [2.45, 2.75) is 43.2 Å². The zero-order valence-electron chi connectivity index (χ0n) is 10.6. The van der Waals surface area contributed by atoms with Crippen molar-refractivity contribution in [1.82, 2.24) is 10.6 Å². The number of aliphatic hydroxyl groups excluding tert-OH is 4. The Morgan fingerprint density at radius 3 is 2.50 bits per heavy atom. The van der Waals surface area contributed by atoms with E-state index in [2.05, 4.69) is 10.6 Å². The van der Waals surface area contributed by atoms with E-state index in [1.807, 2.05) is 0 Å². The van der Waals surface area contributed by atoms with Crippen LogP contribution in [0.2, 0.25) is 0 Å². The average Bonchev–Trinajstić information content (AvgIpc) is 2.88. The Kier molecular flexibility index (Phi) is 6.02. The quantitative estimate of drug-likeness (QED) is 0.261. The maximum absolute atomic E-state index is 11.7. The first-order chi connectivity index (χ1) is 9.40. The van der Waals surface area contributed by atoms with Crippen LogP contribution < -0.4 is 10.6 Å². The van der Waals surface area contributed by atoms with Crippen molar-refractivity contribution in [1.29, 1.82) is 0 Å². The Bertz CT molecular complexity index is 376. The van der Waals surface area contributed by atoms with Gasteiger partial charge in [-0.1, -0.05) is 0 Å². The number of rotatable bonds is 7. The number of aliphatic hydroxyl groups is 4. The summed E-state index contributed by atoms with van der Waals surface area (Å²) in [5.74, 6) is -0.957. The zero-order valence-corrected chi connectivity index (χ0v) is 10.6. The maximum atomic E-state index is 11.7. The second kappa shape index (κ2) is 7.29. The van der Waals surface area contributed by atoms with Crippen LogP contribution in [0.15, 0.2) is 0 Å². The SMILES string of the molecule is O=C[C@@H](NC(=O)[C@@H]1CCC(=O)N1)[C@@H](O)[C@H](O)[C@@H](O)CO. The lowest BCUT2D eigenvalue weighted by Crippen LogP contribution is -2.56. The van der Waals surface area contributed by atoms with E-state index < -0.39 is 42.9 Å². The minimum absolute atomic E-state index is 0.193. The lowest BCUT2D eigenvalue weighted by atomic mass is 10.0. The minimum atomic E-state index is -1.80. The highest BCUT2D eigenvalue weighted by Crippen LogP contribution is 2.08. The summed E-state index contributed by atoms with van der Waals surface area (Å²) in [5, 5.41) is 41.5. The number of amides is 2. The van der Waals surface area contributed by atoms with Gasteiger partial charge in [-0.25, -0.2) is 0 Å². The third-order valence-corrected chi connectivity index (χ3v) is 3.07. The summed E-state index contributed by atoms with van der Waals surface area (Å²) in [6.07, 6.45) is -4.56. The molecule has 0 aliphatic carbocycles. The predicted octanol–water partition coefficient (Wildman–Crippen LogP) is -3.98. The topological polar surface area (TPSA) is 156 Å². The number of hydrogen-bond acceptors (Lipinski definition) is 7. The monoisotopic (exact) mass is 290 g/mol. The molecule has 0 aromatic heterocycles. The van der Waals surface area contributed by atoms with Crippen LogP contribution in [0.25, 0.3) is 0 Å². The van der Waals surface area contributed by atoms with Crippen molar-refractivity contribution in [3.8, 4) is 0 Å². The maximum Gasteiger partial charge on any atom is 0.243 e. The highest BCUT2D eigenvalue weighted by atomic mass is 16.4. The molecule has 6 N–H and O–H groups in total. The van der Waals surface area contributed by atoms with Crippen molar-refractivity contribution in [2.75, 3.05) is 6.61 Å². The lowest BCUT2D eigenvalue weighted by Gasteiger charge is -2.26. The fraction of sp³-hybridized carbons (Fsp3) is 0.727. The van der Waals surface area contributed by atoms with Crippen LogP contribution in [-0.2, 0) is 14.4 Å². The Labute approximate surface area is 114 Å². The molecular weight excluding hydrogens is 272 g/mol. The molecule has 1 aliphatic heterocycles. The van der Waals surface area contributed by atoms with Gasteiger partial charge >= 0.3 is 0 Å². The molecule has 0 aromatic rings. The van der Waals surface area contributed by atoms with E-state index in [0.717, 1.165) is 0 Å². The fourth-order valence-corrected chi connectivity index (χ4v) is 1.82. The molecule has 0 aromatic carbocycles. The molecule has 1 heterocycles. The van der Waals surface area contributed by atoms with Gasteiger partial charge in [0.05, 0.1) is 6.61 Å². The molecule has 9 heteroatoms. The van der Waals surface area contributed by atoms with Crippen LogP contribution in [-0.4, -0.2) is 75.5 Å². The standard InChI is InChI=1S/C11H18N2O7/c14-3-6(9(18)10(19)7(16)4-15)13-11(20)5-1-2-8(17)12-5/h3,5-7,9-10,15-16,18-19H,1-2,4H2,(H,12,17)(H,13,20)/t5-,6+,7-,9+,10+/m0/s1. The highest BCUT2D eigenvalue weighted by molar-refractivity contribution is 5.91. The van der Waals surface area contributed by atoms with Crippen LogP contribution >= 0.6 is 0 Å². The second-order valence-electron chi connectivity index (χ2n) is 4.56. The van der Waals surface area contributed by atoms with Gasteiger partial charge in [-0.3, -0.25) is 9.59 Å². The molecule has 9 nitrogen and oxygen atoms in total. The number of nitrogens with one attached hydrogen (secondary N) is 2. The van der Waals surface area contributed by atoms with Crippen LogP contribution in [0.3, 0.4) is 0 Å². The van der Waals surface area contributed by atoms with Crippen molar-refractivity contribution >= 4 is 18.1 Å². The Morgan fingerprint density at radius 2 is 2.05 bits per heavy atom. The molecule has 2 amide bonds. The van der Waals surface area contributed by atoms with Crippen LogP contribution in [0, 0.1) is 0 Å². The molecule has 114 valence electrons. The molecule has 0 bridgehead atoms. The summed E-state index contributed by atoms with van der Waals surface area (Å²) >= 11 is 0. The summed E-state index contributed by atoms with van der Waals surface area (Å²) in [5.41, 5.74) is 0. The Balaban J connectivity index is 2.59. The summed E-state index contributed by atoms with van der Waals surface area (Å²) in [7, 11) is 0. The molecule has 1 saturated heterocycles. The first-order valence-electron chi connectivity index (χ1n) is 6.10. The molecule has 5 atom stereocenters. The lowest BCUT2D eigenvalue weighted by molar-refractivity contribution is -0.132. The van der Waals surface area contributed by atoms with Gasteiger partial charge in [-0.05, 0) is 6.42 Å². The number of hydrogen-bond donors (Lipinski definition) is 6. The van der Waals surface area contributed by atoms with Crippen molar-refractivity contribution < 1.29 is 34.8 Å². The van der Waals surface area contributed by atoms with Crippen molar-refractivity contribution in [3.63, 3.8) is 0 Å². The summed E-state index contributed by atoms with van der Waals surface area (Å²) in [6.45, 7) is -0.809. The van der Waals surface area contributed by atoms with Gasteiger partial charge in [0.2, 0.25) is 11.8 Å². The molecule has 1 fully saturated rings. The van der Waals surface area contributed by atoms with E-state index in [1.165, 1.54) is 0 Å². The first-order valence-corrected chi connectivity index (χ1v) is 6.10. The Hall–Kier alpha value is -1.55. The number of carbonyl (C=O) groups excluding carboxylic acids is 3. The van der Waals surface area contributed by atoms with Gasteiger partial charge in [-0.2, -0.15) is 0 Å². The van der Waals surface area contributed by atoms with Crippen LogP contribution in [0.5, 0.6) is 0 Å². The van der Waals surface area contributed by atoms with Gasteiger partial charge < -0.3 is 35.9 Å². The van der Waals surface area contributed by atoms with Crippen LogP contribution in [0.1, 0.15) is 12.8 Å². The van der Waals surface area contributed by atoms with Gasteiger partial charge in [0.25, 0.3) is 0 Å². The number of aldehydes is 1. The third-order valence-electron chi connectivity index (χ3n) is 3.07. The molecule has 1 aliphatic rings. The normalized spacial score (nSPS) is 24.4. The van der Waals surface area contributed by atoms with Crippen molar-refractivity contribution in [3.05, 3.63) is 0 Å². The minimum Gasteiger partial charge on any atom is -0.394 e. The average molecular weight is 290 g/mol. The molecule has 0 radical (unpaired) electrons. The van der Waals surface area contributed by atoms with E-state index >= 15 is 0 Å². The molecule has 0 spiro atoms. The van der Waals surface area contributed by atoms with Gasteiger partial charge in [0.15, 0.2) is 0 Å². The van der Waals surface area contributed by atoms with E-state index in [-0.39, 0.29) is 25.0 Å². The molecule has 1 rings (SSSR count). The molecule has 20 heavy (non-hydrogen) atoms. The predicted molar refractivity (Wildman–Crippen MR) is 64.3 cm³/mol. The smallest absolute Gasteiger partial charge is 0.243 e. The summed E-state index contributed by atoms with van der Waals surface area (Å²) < 4.78 is 0. The van der Waals surface area contributed by atoms with E-state index in [4.69, 9.17) is 5.11 Å². The van der Waals surface area contributed by atoms with Crippen LogP contribution in [0.4, 0.5) is 0 Å². The molecule has 0 saturated carbocycles. The van der Waals surface area contributed by atoms with E-state index in [9.17, 15) is 29.7 Å².